The van der Waals surface area contributed by atoms with E-state index in [9.17, 15) is 15.0 Å². The second-order valence-electron chi connectivity index (χ2n) is 4.61. The molecule has 3 heteroatoms. The number of unbranched alkanes of at least 4 members (excludes halogenated alkanes) is 1. The quantitative estimate of drug-likeness (QED) is 0.719. The maximum atomic E-state index is 11.6. The molecule has 0 aromatic heterocycles. The van der Waals surface area contributed by atoms with Gasteiger partial charge in [0.1, 0.15) is 5.78 Å². The van der Waals surface area contributed by atoms with Crippen molar-refractivity contribution in [2.75, 3.05) is 6.61 Å². The lowest BCUT2D eigenvalue weighted by Gasteiger charge is -2.29. The van der Waals surface area contributed by atoms with Crippen molar-refractivity contribution in [1.82, 2.24) is 0 Å². The normalized spacial score (nSPS) is 30.5. The van der Waals surface area contributed by atoms with Crippen LogP contribution < -0.4 is 0 Å². The molecule has 0 heterocycles. The van der Waals surface area contributed by atoms with Gasteiger partial charge in [-0.2, -0.15) is 0 Å². The Morgan fingerprint density at radius 3 is 2.82 bits per heavy atom. The first-order chi connectivity index (χ1) is 8.19. The van der Waals surface area contributed by atoms with Crippen LogP contribution in [0, 0.1) is 11.8 Å². The summed E-state index contributed by atoms with van der Waals surface area (Å²) in [7, 11) is 0. The average Bonchev–Trinajstić information content (AvgIpc) is 2.28. The van der Waals surface area contributed by atoms with E-state index in [0.717, 1.165) is 12.8 Å². The highest BCUT2D eigenvalue weighted by Crippen LogP contribution is 2.28. The zero-order valence-electron chi connectivity index (χ0n) is 10.4. The van der Waals surface area contributed by atoms with Gasteiger partial charge >= 0.3 is 0 Å². The summed E-state index contributed by atoms with van der Waals surface area (Å²) in [5, 5.41) is 18.8. The van der Waals surface area contributed by atoms with Crippen molar-refractivity contribution in [2.24, 2.45) is 11.8 Å². The molecule has 0 amide bonds. The molecule has 17 heavy (non-hydrogen) atoms. The molecule has 0 radical (unpaired) electrons. The van der Waals surface area contributed by atoms with Crippen molar-refractivity contribution >= 4 is 5.78 Å². The van der Waals surface area contributed by atoms with Gasteiger partial charge in [-0.3, -0.25) is 4.79 Å². The Kier molecular flexibility index (Phi) is 6.16. The van der Waals surface area contributed by atoms with Crippen LogP contribution in [0.1, 0.15) is 32.6 Å². The van der Waals surface area contributed by atoms with E-state index < -0.39 is 6.10 Å². The molecule has 0 aliphatic heterocycles. The van der Waals surface area contributed by atoms with Gasteiger partial charge in [0, 0.05) is 12.3 Å². The van der Waals surface area contributed by atoms with E-state index in [1.807, 2.05) is 18.2 Å². The Labute approximate surface area is 103 Å². The molecule has 1 aliphatic carbocycles. The van der Waals surface area contributed by atoms with Crippen molar-refractivity contribution in [1.29, 1.82) is 0 Å². The number of Topliss-reactive ketones (excluding diaryl/α,β-unsaturated/α-hetero) is 1. The molecular weight excluding hydrogens is 216 g/mol. The molecule has 2 N–H and O–H groups in total. The molecule has 0 aromatic carbocycles. The smallest absolute Gasteiger partial charge is 0.141 e. The van der Waals surface area contributed by atoms with E-state index in [1.54, 1.807) is 0 Å². The van der Waals surface area contributed by atoms with Gasteiger partial charge in [0.25, 0.3) is 0 Å². The monoisotopic (exact) mass is 238 g/mol. The zero-order valence-corrected chi connectivity index (χ0v) is 10.4. The van der Waals surface area contributed by atoms with Crippen LogP contribution in [0.4, 0.5) is 0 Å². The Bertz CT molecular complexity index is 294. The first-order valence-corrected chi connectivity index (χ1v) is 6.34. The number of rotatable bonds is 5. The minimum Gasteiger partial charge on any atom is -0.396 e. The lowest BCUT2D eigenvalue weighted by molar-refractivity contribution is -0.131. The molecule has 0 saturated heterocycles. The molecule has 1 rings (SSSR count). The Balaban J connectivity index is 2.56. The summed E-state index contributed by atoms with van der Waals surface area (Å²) < 4.78 is 0. The van der Waals surface area contributed by atoms with Crippen molar-refractivity contribution in [2.45, 2.75) is 38.7 Å². The third-order valence-electron chi connectivity index (χ3n) is 3.17. The van der Waals surface area contributed by atoms with Crippen LogP contribution in [0.3, 0.4) is 0 Å². The number of hydrogen-bond acceptors (Lipinski definition) is 3. The van der Waals surface area contributed by atoms with Crippen LogP contribution in [0.2, 0.25) is 0 Å². The van der Waals surface area contributed by atoms with Crippen LogP contribution in [-0.2, 0) is 4.79 Å². The van der Waals surface area contributed by atoms with Crippen LogP contribution in [0.5, 0.6) is 0 Å². The van der Waals surface area contributed by atoms with Gasteiger partial charge in [0.2, 0.25) is 0 Å². The second kappa shape index (κ2) is 7.41. The lowest BCUT2D eigenvalue weighted by atomic mass is 9.77. The Hall–Kier alpha value is -0.930. The highest BCUT2D eigenvalue weighted by Gasteiger charge is 2.33. The fraction of sp³-hybridized carbons (Fsp3) is 0.643. The van der Waals surface area contributed by atoms with Crippen LogP contribution in [-0.4, -0.2) is 28.7 Å². The van der Waals surface area contributed by atoms with Gasteiger partial charge in [-0.15, -0.1) is 0 Å². The standard InChI is InChI=1S/C14H22O3/c1-2-3-4-5-6-7-11-8-12(16)9-14(17)13(11)10-15/h4-7,11-13,15-16H,2-3,8-10H2,1H3/b5-4+,7-6+/t11?,12-,13+/m1/s1. The van der Waals surface area contributed by atoms with Gasteiger partial charge < -0.3 is 10.2 Å². The fourth-order valence-electron chi connectivity index (χ4n) is 2.18. The summed E-state index contributed by atoms with van der Waals surface area (Å²) in [6.45, 7) is 1.99. The summed E-state index contributed by atoms with van der Waals surface area (Å²) in [6, 6.07) is 0. The molecule has 1 aliphatic rings. The van der Waals surface area contributed by atoms with E-state index in [1.165, 1.54) is 0 Å². The fourth-order valence-corrected chi connectivity index (χ4v) is 2.18. The van der Waals surface area contributed by atoms with Crippen molar-refractivity contribution < 1.29 is 15.0 Å². The lowest BCUT2D eigenvalue weighted by Crippen LogP contribution is -2.36. The maximum absolute atomic E-state index is 11.6. The number of aliphatic hydroxyl groups is 2. The molecule has 96 valence electrons. The molecule has 0 bridgehead atoms. The second-order valence-corrected chi connectivity index (χ2v) is 4.61. The maximum Gasteiger partial charge on any atom is 0.141 e. The number of ketones is 1. The molecule has 3 nitrogen and oxygen atoms in total. The molecule has 0 spiro atoms. The number of carbonyl (C=O) groups excluding carboxylic acids is 1. The summed E-state index contributed by atoms with van der Waals surface area (Å²) in [5.74, 6) is -0.407. The molecule has 3 atom stereocenters. The zero-order chi connectivity index (χ0) is 12.7. The SMILES string of the molecule is CCC/C=C/C=C/C1C[C@@H](O)CC(=O)[C@H]1CO. The topological polar surface area (TPSA) is 57.5 Å². The summed E-state index contributed by atoms with van der Waals surface area (Å²) in [6.07, 6.45) is 10.2. The summed E-state index contributed by atoms with van der Waals surface area (Å²) >= 11 is 0. The Morgan fingerprint density at radius 1 is 1.41 bits per heavy atom. The van der Waals surface area contributed by atoms with Crippen LogP contribution >= 0.6 is 0 Å². The Morgan fingerprint density at radius 2 is 2.18 bits per heavy atom. The van der Waals surface area contributed by atoms with Crippen LogP contribution in [0.25, 0.3) is 0 Å². The van der Waals surface area contributed by atoms with Crippen LogP contribution in [0.15, 0.2) is 24.3 Å². The summed E-state index contributed by atoms with van der Waals surface area (Å²) in [5.41, 5.74) is 0. The average molecular weight is 238 g/mol. The summed E-state index contributed by atoms with van der Waals surface area (Å²) in [4.78, 5) is 11.6. The minimum atomic E-state index is -0.556. The third-order valence-corrected chi connectivity index (χ3v) is 3.17. The van der Waals surface area contributed by atoms with Crippen molar-refractivity contribution in [3.8, 4) is 0 Å². The van der Waals surface area contributed by atoms with Crippen molar-refractivity contribution in [3.05, 3.63) is 24.3 Å². The minimum absolute atomic E-state index is 0.0292. The largest absolute Gasteiger partial charge is 0.396 e. The van der Waals surface area contributed by atoms with Gasteiger partial charge in [-0.1, -0.05) is 37.6 Å². The molecular formula is C14H22O3. The predicted octanol–water partition coefficient (Wildman–Crippen LogP) is 1.85. The van der Waals surface area contributed by atoms with Gasteiger partial charge in [-0.25, -0.2) is 0 Å². The van der Waals surface area contributed by atoms with Crippen molar-refractivity contribution in [3.63, 3.8) is 0 Å². The van der Waals surface area contributed by atoms with E-state index in [-0.39, 0.29) is 30.6 Å². The number of aliphatic hydroxyl groups excluding tert-OH is 2. The number of hydrogen-bond donors (Lipinski definition) is 2. The molecule has 0 aromatic rings. The first-order valence-electron chi connectivity index (χ1n) is 6.34. The van der Waals surface area contributed by atoms with Gasteiger partial charge in [-0.05, 0) is 18.8 Å². The molecule has 1 unspecified atom stereocenters. The molecule has 1 fully saturated rings. The third kappa shape index (κ3) is 4.44. The molecule has 1 saturated carbocycles. The highest BCUT2D eigenvalue weighted by atomic mass is 16.3. The van der Waals surface area contributed by atoms with E-state index in [2.05, 4.69) is 13.0 Å². The van der Waals surface area contributed by atoms with E-state index in [4.69, 9.17) is 0 Å². The number of allylic oxidation sites excluding steroid dienone is 4. The van der Waals surface area contributed by atoms with Gasteiger partial charge in [0.15, 0.2) is 0 Å². The van der Waals surface area contributed by atoms with E-state index in [0.29, 0.717) is 6.42 Å². The highest BCUT2D eigenvalue weighted by molar-refractivity contribution is 5.83. The van der Waals surface area contributed by atoms with Gasteiger partial charge in [0.05, 0.1) is 12.7 Å². The predicted molar refractivity (Wildman–Crippen MR) is 67.5 cm³/mol. The van der Waals surface area contributed by atoms with E-state index >= 15 is 0 Å². The number of carbonyl (C=O) groups is 1. The first kappa shape index (κ1) is 14.1.